The van der Waals surface area contributed by atoms with Gasteiger partial charge in [0.25, 0.3) is 0 Å². The summed E-state index contributed by atoms with van der Waals surface area (Å²) < 4.78 is 0. The highest BCUT2D eigenvalue weighted by atomic mass is 32.1. The van der Waals surface area contributed by atoms with Gasteiger partial charge in [-0.3, -0.25) is 0 Å². The van der Waals surface area contributed by atoms with Crippen LogP contribution in [0.1, 0.15) is 26.3 Å². The molecule has 0 atom stereocenters. The number of aryl methyl sites for hydroxylation is 1. The van der Waals surface area contributed by atoms with Crippen LogP contribution in [0.2, 0.25) is 0 Å². The first kappa shape index (κ1) is 17.3. The third kappa shape index (κ3) is 4.70. The van der Waals surface area contributed by atoms with Gasteiger partial charge < -0.3 is 15.5 Å². The van der Waals surface area contributed by atoms with Crippen LogP contribution in [0.25, 0.3) is 0 Å². The van der Waals surface area contributed by atoms with E-state index in [2.05, 4.69) is 73.6 Å². The van der Waals surface area contributed by atoms with Gasteiger partial charge in [-0.15, -0.1) is 0 Å². The maximum absolute atomic E-state index is 5.39. The normalized spacial score (nSPS) is 10.5. The monoisotopic (exact) mass is 327 g/mol. The predicted molar refractivity (Wildman–Crippen MR) is 106 cm³/mol. The molecule has 0 aromatic heterocycles. The Morgan fingerprint density at radius 1 is 1.04 bits per heavy atom. The fraction of sp³-hybridized carbons (Fsp3) is 0.316. The van der Waals surface area contributed by atoms with Crippen LogP contribution in [0, 0.1) is 6.92 Å². The van der Waals surface area contributed by atoms with Gasteiger partial charge >= 0.3 is 0 Å². The number of nitrogens with one attached hydrogen (secondary N) is 2. The van der Waals surface area contributed by atoms with Gasteiger partial charge in [0.1, 0.15) is 0 Å². The molecule has 122 valence electrons. The zero-order chi connectivity index (χ0) is 16.8. The Bertz CT molecular complexity index is 650. The van der Waals surface area contributed by atoms with Crippen molar-refractivity contribution >= 4 is 34.4 Å². The maximum Gasteiger partial charge on any atom is 0.175 e. The summed E-state index contributed by atoms with van der Waals surface area (Å²) in [6.07, 6.45) is 0. The smallest absolute Gasteiger partial charge is 0.175 e. The second-order valence-electron chi connectivity index (χ2n) is 5.82. The lowest BCUT2D eigenvalue weighted by Crippen LogP contribution is -2.30. The van der Waals surface area contributed by atoms with Crippen LogP contribution in [-0.2, 0) is 0 Å². The van der Waals surface area contributed by atoms with E-state index in [1.807, 2.05) is 18.2 Å². The van der Waals surface area contributed by atoms with Gasteiger partial charge in [0.05, 0.1) is 0 Å². The Morgan fingerprint density at radius 2 is 1.70 bits per heavy atom. The van der Waals surface area contributed by atoms with Crippen molar-refractivity contribution in [3.05, 3.63) is 54.1 Å². The highest BCUT2D eigenvalue weighted by Gasteiger charge is 2.08. The molecular formula is C19H25N3S. The molecule has 3 nitrogen and oxygen atoms in total. The minimum Gasteiger partial charge on any atom is -0.369 e. The highest BCUT2D eigenvalue weighted by molar-refractivity contribution is 7.80. The number of thiocarbonyl (C=S) groups is 1. The molecule has 2 N–H and O–H groups in total. The van der Waals surface area contributed by atoms with Crippen LogP contribution in [0.3, 0.4) is 0 Å². The number of para-hydroxylation sites is 1. The Kier molecular flexibility index (Phi) is 5.99. The number of rotatable bonds is 5. The van der Waals surface area contributed by atoms with Crippen LogP contribution < -0.4 is 15.5 Å². The van der Waals surface area contributed by atoms with Crippen molar-refractivity contribution in [3.63, 3.8) is 0 Å². The van der Waals surface area contributed by atoms with Gasteiger partial charge in [-0.1, -0.05) is 18.2 Å². The van der Waals surface area contributed by atoms with Crippen LogP contribution >= 0.6 is 12.2 Å². The van der Waals surface area contributed by atoms with Gasteiger partial charge in [0.2, 0.25) is 0 Å². The number of anilines is 3. The molecule has 0 unspecified atom stereocenters. The second kappa shape index (κ2) is 7.97. The Hall–Kier alpha value is -2.07. The van der Waals surface area contributed by atoms with Gasteiger partial charge in [-0.05, 0) is 75.8 Å². The fourth-order valence-corrected chi connectivity index (χ4v) is 2.81. The van der Waals surface area contributed by atoms with E-state index < -0.39 is 0 Å². The summed E-state index contributed by atoms with van der Waals surface area (Å²) in [6, 6.07) is 17.0. The van der Waals surface area contributed by atoms with E-state index in [-0.39, 0.29) is 0 Å². The van der Waals surface area contributed by atoms with E-state index in [0.717, 1.165) is 17.9 Å². The van der Waals surface area contributed by atoms with E-state index in [1.165, 1.54) is 11.3 Å². The molecule has 0 aliphatic heterocycles. The molecule has 0 fully saturated rings. The number of benzene rings is 2. The lowest BCUT2D eigenvalue weighted by atomic mass is 10.2. The lowest BCUT2D eigenvalue weighted by Gasteiger charge is -2.27. The maximum atomic E-state index is 5.39. The number of hydrogen-bond acceptors (Lipinski definition) is 2. The molecule has 23 heavy (non-hydrogen) atoms. The van der Waals surface area contributed by atoms with E-state index in [1.54, 1.807) is 0 Å². The highest BCUT2D eigenvalue weighted by Crippen LogP contribution is 2.20. The van der Waals surface area contributed by atoms with Crippen molar-refractivity contribution in [1.82, 2.24) is 0 Å². The van der Waals surface area contributed by atoms with Gasteiger partial charge in [-0.2, -0.15) is 0 Å². The lowest BCUT2D eigenvalue weighted by molar-refractivity contribution is 0.704. The van der Waals surface area contributed by atoms with Gasteiger partial charge in [-0.25, -0.2) is 0 Å². The molecule has 0 spiro atoms. The molecule has 2 aromatic carbocycles. The minimum atomic E-state index is 0.489. The molecule has 0 bridgehead atoms. The van der Waals surface area contributed by atoms with Crippen molar-refractivity contribution in [2.75, 3.05) is 22.1 Å². The fourth-order valence-electron chi connectivity index (χ4n) is 2.58. The van der Waals surface area contributed by atoms with E-state index in [9.17, 15) is 0 Å². The van der Waals surface area contributed by atoms with Crippen molar-refractivity contribution in [1.29, 1.82) is 0 Å². The molecule has 2 aromatic rings. The first-order valence-electron chi connectivity index (χ1n) is 8.01. The molecule has 0 saturated heterocycles. The molecule has 0 heterocycles. The van der Waals surface area contributed by atoms with Crippen molar-refractivity contribution < 1.29 is 0 Å². The summed E-state index contributed by atoms with van der Waals surface area (Å²) in [5, 5.41) is 7.07. The molecule has 0 radical (unpaired) electrons. The third-order valence-corrected chi connectivity index (χ3v) is 4.02. The van der Waals surface area contributed by atoms with E-state index >= 15 is 0 Å². The third-order valence-electron chi connectivity index (χ3n) is 3.81. The van der Waals surface area contributed by atoms with Crippen molar-refractivity contribution in [2.45, 2.75) is 33.7 Å². The summed E-state index contributed by atoms with van der Waals surface area (Å²) in [6.45, 7) is 9.64. The Balaban J connectivity index is 2.00. The Morgan fingerprint density at radius 3 is 2.26 bits per heavy atom. The zero-order valence-electron chi connectivity index (χ0n) is 14.3. The van der Waals surface area contributed by atoms with E-state index in [0.29, 0.717) is 11.2 Å². The van der Waals surface area contributed by atoms with Crippen LogP contribution in [-0.4, -0.2) is 17.7 Å². The minimum absolute atomic E-state index is 0.489. The molecule has 0 aliphatic rings. The van der Waals surface area contributed by atoms with Crippen LogP contribution in [0.15, 0.2) is 48.5 Å². The standard InChI is InChI=1S/C19H25N3S/c1-5-22(14(2)3)17-12-10-16(11-13-17)20-19(23)21-18-9-7-6-8-15(18)4/h6-14H,5H2,1-4H3,(H2,20,21,23). The predicted octanol–water partition coefficient (Wildman–Crippen LogP) is 5.04. The molecule has 0 amide bonds. The van der Waals surface area contributed by atoms with Crippen molar-refractivity contribution in [2.24, 2.45) is 0 Å². The summed E-state index contributed by atoms with van der Waals surface area (Å²) >= 11 is 5.39. The molecular weight excluding hydrogens is 302 g/mol. The molecule has 0 aliphatic carbocycles. The largest absolute Gasteiger partial charge is 0.369 e. The average molecular weight is 327 g/mol. The quantitative estimate of drug-likeness (QED) is 0.753. The average Bonchev–Trinajstić information content (AvgIpc) is 2.51. The SMILES string of the molecule is CCN(c1ccc(NC(=S)Nc2ccccc2C)cc1)C(C)C. The zero-order valence-corrected chi connectivity index (χ0v) is 15.1. The van der Waals surface area contributed by atoms with Gasteiger partial charge in [0.15, 0.2) is 5.11 Å². The van der Waals surface area contributed by atoms with E-state index in [4.69, 9.17) is 12.2 Å². The number of nitrogens with zero attached hydrogens (tertiary/aromatic N) is 1. The van der Waals surface area contributed by atoms with Crippen LogP contribution in [0.4, 0.5) is 17.1 Å². The first-order chi connectivity index (χ1) is 11.0. The molecule has 0 saturated carbocycles. The van der Waals surface area contributed by atoms with Gasteiger partial charge in [0, 0.05) is 29.6 Å². The van der Waals surface area contributed by atoms with Crippen molar-refractivity contribution in [3.8, 4) is 0 Å². The van der Waals surface area contributed by atoms with Crippen LogP contribution in [0.5, 0.6) is 0 Å². The summed E-state index contributed by atoms with van der Waals surface area (Å²) in [5.74, 6) is 0. The molecule has 4 heteroatoms. The topological polar surface area (TPSA) is 27.3 Å². The Labute approximate surface area is 144 Å². The second-order valence-corrected chi connectivity index (χ2v) is 6.23. The summed E-state index contributed by atoms with van der Waals surface area (Å²) in [5.41, 5.74) is 4.41. The summed E-state index contributed by atoms with van der Waals surface area (Å²) in [4.78, 5) is 2.35. The first-order valence-corrected chi connectivity index (χ1v) is 8.42. The molecule has 2 rings (SSSR count). The number of hydrogen-bond donors (Lipinski definition) is 2. The summed E-state index contributed by atoms with van der Waals surface area (Å²) in [7, 11) is 0.